The van der Waals surface area contributed by atoms with Crippen molar-refractivity contribution < 1.29 is 9.47 Å². The molecule has 0 spiro atoms. The summed E-state index contributed by atoms with van der Waals surface area (Å²) >= 11 is 0. The predicted molar refractivity (Wildman–Crippen MR) is 116 cm³/mol. The summed E-state index contributed by atoms with van der Waals surface area (Å²) in [6.45, 7) is 2.76. The number of unbranched alkanes of at least 4 members (excludes halogenated alkanes) is 3. The maximum Gasteiger partial charge on any atom is 0.119 e. The molecule has 0 N–H and O–H groups in total. The summed E-state index contributed by atoms with van der Waals surface area (Å²) < 4.78 is 11.9. The fraction of sp³-hybridized carbons (Fsp3) is 0.538. The molecular formula is C26H34O2. The van der Waals surface area contributed by atoms with Crippen molar-refractivity contribution in [2.75, 3.05) is 19.8 Å². The number of hydrogen-bond donors (Lipinski definition) is 0. The Kier molecular flexibility index (Phi) is 7.05. The van der Waals surface area contributed by atoms with E-state index in [1.54, 1.807) is 0 Å². The molecule has 0 amide bonds. The van der Waals surface area contributed by atoms with Crippen LogP contribution >= 0.6 is 0 Å². The second-order valence-corrected chi connectivity index (χ2v) is 8.66. The van der Waals surface area contributed by atoms with E-state index in [1.165, 1.54) is 56.1 Å². The lowest BCUT2D eigenvalue weighted by Gasteiger charge is -2.21. The fourth-order valence-electron chi connectivity index (χ4n) is 5.04. The number of rotatable bonds is 11. The molecule has 2 aromatic rings. The van der Waals surface area contributed by atoms with Gasteiger partial charge in [0, 0.05) is 13.2 Å². The first-order chi connectivity index (χ1) is 13.9. The second kappa shape index (κ2) is 10.1. The average molecular weight is 379 g/mol. The highest BCUT2D eigenvalue weighted by atomic mass is 16.5. The van der Waals surface area contributed by atoms with Gasteiger partial charge in [-0.3, -0.25) is 0 Å². The van der Waals surface area contributed by atoms with Crippen molar-refractivity contribution in [1.29, 1.82) is 0 Å². The number of benzene rings is 2. The molecule has 4 rings (SSSR count). The van der Waals surface area contributed by atoms with Crippen LogP contribution in [0.2, 0.25) is 0 Å². The summed E-state index contributed by atoms with van der Waals surface area (Å²) in [6.07, 6.45) is 10.7. The van der Waals surface area contributed by atoms with Gasteiger partial charge < -0.3 is 9.47 Å². The third kappa shape index (κ3) is 5.38. The van der Waals surface area contributed by atoms with Crippen LogP contribution < -0.4 is 4.74 Å². The minimum atomic E-state index is 0.802. The number of fused-ring (bicyclic) bond motifs is 2. The molecule has 28 heavy (non-hydrogen) atoms. The van der Waals surface area contributed by atoms with E-state index in [1.807, 2.05) is 6.07 Å². The Morgan fingerprint density at radius 2 is 1.46 bits per heavy atom. The molecular weight excluding hydrogens is 344 g/mol. The summed E-state index contributed by atoms with van der Waals surface area (Å²) in [6, 6.07) is 18.9. The Bertz CT molecular complexity index is 694. The van der Waals surface area contributed by atoms with Gasteiger partial charge in [0.1, 0.15) is 5.75 Å². The summed E-state index contributed by atoms with van der Waals surface area (Å²) in [7, 11) is 0. The Balaban J connectivity index is 1.02. The van der Waals surface area contributed by atoms with E-state index in [4.69, 9.17) is 9.47 Å². The zero-order chi connectivity index (χ0) is 19.0. The van der Waals surface area contributed by atoms with Gasteiger partial charge in [-0.2, -0.15) is 0 Å². The lowest BCUT2D eigenvalue weighted by atomic mass is 9.90. The van der Waals surface area contributed by atoms with Gasteiger partial charge in [-0.25, -0.2) is 0 Å². The average Bonchev–Trinajstić information content (AvgIpc) is 3.37. The van der Waals surface area contributed by atoms with Crippen LogP contribution in [0.3, 0.4) is 0 Å². The lowest BCUT2D eigenvalue weighted by molar-refractivity contribution is 0.0758. The molecule has 0 radical (unpaired) electrons. The molecule has 2 saturated carbocycles. The summed E-state index contributed by atoms with van der Waals surface area (Å²) in [5.41, 5.74) is 2.48. The SMILES string of the molecule is c1ccc(-c2ccc(OCCCCCCOCC3CC4CCC3C4)cc2)cc1. The minimum absolute atomic E-state index is 0.802. The molecule has 0 aromatic heterocycles. The molecule has 2 aliphatic carbocycles. The van der Waals surface area contributed by atoms with Crippen LogP contribution in [0.5, 0.6) is 5.75 Å². The van der Waals surface area contributed by atoms with Crippen LogP contribution in [0.15, 0.2) is 54.6 Å². The maximum atomic E-state index is 5.96. The quantitative estimate of drug-likeness (QED) is 0.403. The molecule has 2 fully saturated rings. The fourth-order valence-corrected chi connectivity index (χ4v) is 5.04. The highest BCUT2D eigenvalue weighted by Gasteiger charge is 2.39. The van der Waals surface area contributed by atoms with Crippen molar-refractivity contribution in [3.8, 4) is 16.9 Å². The molecule has 3 unspecified atom stereocenters. The van der Waals surface area contributed by atoms with Crippen LogP contribution in [-0.4, -0.2) is 19.8 Å². The van der Waals surface area contributed by atoms with E-state index in [-0.39, 0.29) is 0 Å². The Morgan fingerprint density at radius 3 is 2.18 bits per heavy atom. The van der Waals surface area contributed by atoms with Crippen molar-refractivity contribution in [2.45, 2.75) is 51.4 Å². The first-order valence-electron chi connectivity index (χ1n) is 11.2. The van der Waals surface area contributed by atoms with Gasteiger partial charge in [0.25, 0.3) is 0 Å². The van der Waals surface area contributed by atoms with Crippen LogP contribution in [0.25, 0.3) is 11.1 Å². The minimum Gasteiger partial charge on any atom is -0.494 e. The van der Waals surface area contributed by atoms with Crippen molar-refractivity contribution in [1.82, 2.24) is 0 Å². The maximum absolute atomic E-state index is 5.96. The van der Waals surface area contributed by atoms with Crippen LogP contribution in [0, 0.1) is 17.8 Å². The van der Waals surface area contributed by atoms with Gasteiger partial charge in [-0.05, 0) is 79.5 Å². The van der Waals surface area contributed by atoms with Crippen molar-refractivity contribution in [3.05, 3.63) is 54.6 Å². The Labute approximate surface area is 170 Å². The normalized spacial score (nSPS) is 23.2. The van der Waals surface area contributed by atoms with Gasteiger partial charge in [0.15, 0.2) is 0 Å². The van der Waals surface area contributed by atoms with E-state index < -0.39 is 0 Å². The molecule has 2 aromatic carbocycles. The smallest absolute Gasteiger partial charge is 0.119 e. The molecule has 2 nitrogen and oxygen atoms in total. The van der Waals surface area contributed by atoms with Crippen molar-refractivity contribution >= 4 is 0 Å². The van der Waals surface area contributed by atoms with E-state index in [2.05, 4.69) is 48.5 Å². The summed E-state index contributed by atoms with van der Waals surface area (Å²) in [5, 5.41) is 0. The van der Waals surface area contributed by atoms with E-state index >= 15 is 0 Å². The molecule has 150 valence electrons. The molecule has 2 aliphatic rings. The van der Waals surface area contributed by atoms with Crippen LogP contribution in [0.1, 0.15) is 51.4 Å². The largest absolute Gasteiger partial charge is 0.494 e. The van der Waals surface area contributed by atoms with Gasteiger partial charge in [0.2, 0.25) is 0 Å². The third-order valence-corrected chi connectivity index (χ3v) is 6.63. The van der Waals surface area contributed by atoms with Crippen molar-refractivity contribution in [3.63, 3.8) is 0 Å². The first-order valence-corrected chi connectivity index (χ1v) is 11.2. The highest BCUT2D eigenvalue weighted by Crippen LogP contribution is 2.48. The molecule has 0 aliphatic heterocycles. The number of hydrogen-bond acceptors (Lipinski definition) is 2. The molecule has 2 heteroatoms. The zero-order valence-corrected chi connectivity index (χ0v) is 17.0. The Morgan fingerprint density at radius 1 is 0.714 bits per heavy atom. The molecule has 2 bridgehead atoms. The predicted octanol–water partition coefficient (Wildman–Crippen LogP) is 6.75. The standard InChI is InChI=1S/C26H34O2/c1(6-16-27-20-25-19-21-10-11-24(25)18-21)2-7-17-28-26-14-12-23(13-15-26)22-8-4-3-5-9-22/h3-5,8-9,12-15,21,24-25H,1-2,6-7,10-11,16-20H2. The van der Waals surface area contributed by atoms with Crippen LogP contribution in [0.4, 0.5) is 0 Å². The van der Waals surface area contributed by atoms with E-state index in [9.17, 15) is 0 Å². The highest BCUT2D eigenvalue weighted by molar-refractivity contribution is 5.63. The van der Waals surface area contributed by atoms with Gasteiger partial charge >= 0.3 is 0 Å². The first kappa shape index (κ1) is 19.5. The van der Waals surface area contributed by atoms with Gasteiger partial charge in [-0.1, -0.05) is 55.3 Å². The van der Waals surface area contributed by atoms with E-state index in [0.29, 0.717) is 0 Å². The van der Waals surface area contributed by atoms with Gasteiger partial charge in [-0.15, -0.1) is 0 Å². The molecule has 0 saturated heterocycles. The zero-order valence-electron chi connectivity index (χ0n) is 17.0. The lowest BCUT2D eigenvalue weighted by Crippen LogP contribution is -2.17. The monoisotopic (exact) mass is 378 g/mol. The number of ether oxygens (including phenoxy) is 2. The van der Waals surface area contributed by atoms with Crippen molar-refractivity contribution in [2.24, 2.45) is 17.8 Å². The summed E-state index contributed by atoms with van der Waals surface area (Å²) in [5.74, 6) is 3.87. The molecule has 0 heterocycles. The van der Waals surface area contributed by atoms with Crippen LogP contribution in [-0.2, 0) is 4.74 Å². The van der Waals surface area contributed by atoms with Gasteiger partial charge in [0.05, 0.1) is 6.61 Å². The summed E-state index contributed by atoms with van der Waals surface area (Å²) in [4.78, 5) is 0. The van der Waals surface area contributed by atoms with E-state index in [0.717, 1.165) is 49.7 Å². The third-order valence-electron chi connectivity index (χ3n) is 6.63. The topological polar surface area (TPSA) is 18.5 Å². The molecule has 3 atom stereocenters. The Hall–Kier alpha value is -1.80. The second-order valence-electron chi connectivity index (χ2n) is 8.66.